The number of fused-ring (bicyclic) bond motifs is 2. The summed E-state index contributed by atoms with van der Waals surface area (Å²) in [5.41, 5.74) is 1.65. The molecule has 0 bridgehead atoms. The van der Waals surface area contributed by atoms with Crippen molar-refractivity contribution in [2.75, 3.05) is 31.1 Å². The highest BCUT2D eigenvalue weighted by Crippen LogP contribution is 2.59. The van der Waals surface area contributed by atoms with Crippen LogP contribution in [0, 0.1) is 45.7 Å². The number of piperidine rings is 1. The lowest BCUT2D eigenvalue weighted by Crippen LogP contribution is -2.74. The van der Waals surface area contributed by atoms with Crippen molar-refractivity contribution in [3.05, 3.63) is 86.9 Å². The van der Waals surface area contributed by atoms with E-state index in [2.05, 4.69) is 55.8 Å². The Morgan fingerprint density at radius 2 is 1.62 bits per heavy atom. The van der Waals surface area contributed by atoms with Gasteiger partial charge in [-0.3, -0.25) is 39.1 Å². The number of aromatic nitrogens is 1. The van der Waals surface area contributed by atoms with Gasteiger partial charge in [0.2, 0.25) is 11.8 Å². The lowest BCUT2D eigenvalue weighted by Gasteiger charge is -2.65. The van der Waals surface area contributed by atoms with Crippen LogP contribution < -0.4 is 15.0 Å². The van der Waals surface area contributed by atoms with Crippen LogP contribution in [0.5, 0.6) is 5.75 Å². The molecule has 6 heterocycles. The Labute approximate surface area is 339 Å². The van der Waals surface area contributed by atoms with Gasteiger partial charge < -0.3 is 14.5 Å². The van der Waals surface area contributed by atoms with Crippen molar-refractivity contribution < 1.29 is 33.1 Å². The van der Waals surface area contributed by atoms with Crippen LogP contribution in [0.4, 0.5) is 10.1 Å². The van der Waals surface area contributed by atoms with Crippen molar-refractivity contribution in [3.8, 4) is 23.7 Å². The normalized spacial score (nSPS) is 24.9. The number of likely N-dealkylation sites (tertiary alicyclic amines) is 1. The number of ether oxygens (including phenoxy) is 1. The number of nitriles is 1. The predicted molar refractivity (Wildman–Crippen MR) is 207 cm³/mol. The van der Waals surface area contributed by atoms with E-state index in [0.29, 0.717) is 52.9 Å². The number of halogens is 2. The number of anilines is 1. The van der Waals surface area contributed by atoms with E-state index in [1.807, 2.05) is 15.9 Å². The first kappa shape index (κ1) is 37.7. The maximum Gasteiger partial charge on any atom is 0.262 e. The lowest BCUT2D eigenvalue weighted by atomic mass is 9.49. The molecule has 5 amide bonds. The van der Waals surface area contributed by atoms with Crippen LogP contribution in [0.3, 0.4) is 0 Å². The van der Waals surface area contributed by atoms with Gasteiger partial charge in [-0.15, -0.1) is 0 Å². The molecule has 3 saturated heterocycles. The summed E-state index contributed by atoms with van der Waals surface area (Å²) in [6, 6.07) is 12.1. The van der Waals surface area contributed by atoms with E-state index >= 15 is 4.39 Å². The van der Waals surface area contributed by atoms with Gasteiger partial charge in [-0.1, -0.05) is 45.2 Å². The van der Waals surface area contributed by atoms with E-state index in [1.54, 1.807) is 24.3 Å². The minimum absolute atomic E-state index is 0.00464. The molecule has 3 aromatic rings. The van der Waals surface area contributed by atoms with Crippen molar-refractivity contribution in [3.63, 3.8) is 0 Å². The van der Waals surface area contributed by atoms with E-state index in [-0.39, 0.29) is 59.7 Å². The molecule has 1 aliphatic carbocycles. The zero-order valence-corrected chi connectivity index (χ0v) is 33.0. The predicted octanol–water partition coefficient (Wildman–Crippen LogP) is 4.16. The van der Waals surface area contributed by atoms with Crippen LogP contribution >= 0.6 is 11.6 Å². The average molecular weight is 804 g/mol. The molecule has 4 fully saturated rings. The molecule has 15 heteroatoms. The molecule has 1 unspecified atom stereocenters. The average Bonchev–Trinajstić information content (AvgIpc) is 3.57. The third-order valence-corrected chi connectivity index (χ3v) is 13.0. The van der Waals surface area contributed by atoms with E-state index in [1.165, 1.54) is 6.07 Å². The van der Waals surface area contributed by atoms with E-state index in [4.69, 9.17) is 21.3 Å². The maximum atomic E-state index is 15.3. The van der Waals surface area contributed by atoms with E-state index in [0.717, 1.165) is 24.1 Å². The number of imide groups is 2. The molecule has 5 aliphatic heterocycles. The number of pyridine rings is 1. The minimum atomic E-state index is -1.11. The zero-order valence-electron chi connectivity index (χ0n) is 32.3. The van der Waals surface area contributed by atoms with Crippen LogP contribution in [-0.2, 0) is 16.1 Å². The Hall–Kier alpha value is -5.83. The molecular weight excluding hydrogens is 765 g/mol. The molecule has 1 aromatic heterocycles. The second kappa shape index (κ2) is 13.4. The summed E-state index contributed by atoms with van der Waals surface area (Å²) in [4.78, 5) is 75.7. The molecule has 2 aromatic carbocycles. The second-order valence-electron chi connectivity index (χ2n) is 17.2. The number of carbonyl (C=O) groups is 5. The third-order valence-electron chi connectivity index (χ3n) is 12.7. The van der Waals surface area contributed by atoms with E-state index < -0.39 is 46.3 Å². The Balaban J connectivity index is 0.793. The molecule has 1 N–H and O–H groups in total. The van der Waals surface area contributed by atoms with Crippen LogP contribution in [0.15, 0.2) is 42.5 Å². The lowest BCUT2D eigenvalue weighted by molar-refractivity contribution is -0.199. The van der Waals surface area contributed by atoms with Gasteiger partial charge in [0, 0.05) is 67.5 Å². The van der Waals surface area contributed by atoms with Crippen molar-refractivity contribution in [1.82, 2.24) is 25.0 Å². The van der Waals surface area contributed by atoms with Crippen LogP contribution in [-0.4, -0.2) is 99.6 Å². The summed E-state index contributed by atoms with van der Waals surface area (Å²) in [6.45, 7) is 11.3. The maximum absolute atomic E-state index is 15.3. The fourth-order valence-corrected chi connectivity index (χ4v) is 10.4. The fourth-order valence-electron chi connectivity index (χ4n) is 10.2. The summed E-state index contributed by atoms with van der Waals surface area (Å²) in [7, 11) is 0. The minimum Gasteiger partial charge on any atom is -0.489 e. The van der Waals surface area contributed by atoms with Crippen LogP contribution in [0.2, 0.25) is 5.02 Å². The first-order valence-corrected chi connectivity index (χ1v) is 19.7. The number of amides is 5. The number of nitrogens with zero attached hydrogens (tertiary/aromatic N) is 6. The molecule has 0 radical (unpaired) electrons. The smallest absolute Gasteiger partial charge is 0.262 e. The number of rotatable bonds is 6. The van der Waals surface area contributed by atoms with Gasteiger partial charge in [0.1, 0.15) is 35.5 Å². The molecule has 13 nitrogen and oxygen atoms in total. The van der Waals surface area contributed by atoms with Gasteiger partial charge in [-0.25, -0.2) is 9.37 Å². The molecule has 1 saturated carbocycles. The largest absolute Gasteiger partial charge is 0.489 e. The highest BCUT2D eigenvalue weighted by molar-refractivity contribution is 6.31. The van der Waals surface area contributed by atoms with Crippen molar-refractivity contribution in [2.24, 2.45) is 16.7 Å². The fraction of sp³-hybridized carbons (Fsp3) is 0.419. The molecule has 58 heavy (non-hydrogen) atoms. The SMILES string of the molecule is CC1(C)[C@H](Oc2ccc(C#N)c(Cl)c2)C(C)(C)[C@H]1N1Cc2nc(C#CC3CN(C4CN(c5cc6c(cc5F)C(=O)N(C5CCC(=O)NC5=O)C6=O)C4)C3)ccc2C1=O. The zero-order chi connectivity index (χ0) is 41.0. The summed E-state index contributed by atoms with van der Waals surface area (Å²) in [6.07, 6.45) is -0.187. The van der Waals surface area contributed by atoms with Crippen molar-refractivity contribution >= 4 is 46.8 Å². The van der Waals surface area contributed by atoms with Gasteiger partial charge in [0.05, 0.1) is 45.2 Å². The second-order valence-corrected chi connectivity index (χ2v) is 17.6. The monoisotopic (exact) mass is 803 g/mol. The van der Waals surface area contributed by atoms with E-state index in [9.17, 15) is 29.2 Å². The first-order valence-electron chi connectivity index (χ1n) is 19.3. The van der Waals surface area contributed by atoms with Crippen LogP contribution in [0.25, 0.3) is 0 Å². The summed E-state index contributed by atoms with van der Waals surface area (Å²) >= 11 is 6.27. The van der Waals surface area contributed by atoms with Crippen molar-refractivity contribution in [1.29, 1.82) is 5.26 Å². The number of nitrogens with one attached hydrogen (secondary N) is 1. The quantitative estimate of drug-likeness (QED) is 0.284. The third kappa shape index (κ3) is 5.84. The molecule has 296 valence electrons. The topological polar surface area (TPSA) is 156 Å². The number of carbonyl (C=O) groups excluding carboxylic acids is 5. The first-order chi connectivity index (χ1) is 27.6. The molecule has 1 atom stereocenters. The summed E-state index contributed by atoms with van der Waals surface area (Å²) < 4.78 is 21.7. The molecule has 0 spiro atoms. The Morgan fingerprint density at radius 3 is 2.29 bits per heavy atom. The highest BCUT2D eigenvalue weighted by Gasteiger charge is 2.67. The Morgan fingerprint density at radius 1 is 0.914 bits per heavy atom. The summed E-state index contributed by atoms with van der Waals surface area (Å²) in [5, 5.41) is 11.7. The Kier molecular flexibility index (Phi) is 8.69. The molecule has 9 rings (SSSR count). The van der Waals surface area contributed by atoms with Gasteiger partial charge in [0.15, 0.2) is 0 Å². The Bertz CT molecular complexity index is 2460. The van der Waals surface area contributed by atoms with Gasteiger partial charge in [-0.2, -0.15) is 5.26 Å². The van der Waals surface area contributed by atoms with Gasteiger partial charge in [0.25, 0.3) is 17.7 Å². The number of hydrogen-bond acceptors (Lipinski definition) is 10. The van der Waals surface area contributed by atoms with Crippen molar-refractivity contribution in [2.45, 2.75) is 71.3 Å². The highest BCUT2D eigenvalue weighted by atomic mass is 35.5. The number of hydrogen-bond donors (Lipinski definition) is 1. The molecule has 6 aliphatic rings. The number of benzene rings is 2. The van der Waals surface area contributed by atoms with Crippen LogP contribution in [0.1, 0.15) is 88.6 Å². The van der Waals surface area contributed by atoms with Gasteiger partial charge >= 0.3 is 0 Å². The van der Waals surface area contributed by atoms with Gasteiger partial charge in [-0.05, 0) is 48.7 Å². The molecular formula is C43H39ClFN7O6. The summed E-state index contributed by atoms with van der Waals surface area (Å²) in [5.74, 6) is 3.97. The standard InChI is InChI=1S/C43H39ClFN7O6/c1-42(2)40(43(3,4)41(42)58-26-9-6-23(16-46)30(44)13-26)51-21-32-27(37(51)55)10-8-24(47-32)7-5-22-17-49(18-22)25-19-50(20-25)34-15-29-28(14-31(34)45)38(56)52(39(29)57)33-11-12-35(53)48-36(33)54/h6,8-10,13-15,22,25,33,40-41H,11-12,17-21H2,1-4H3,(H,48,53,54)/t33?,40-,41-.